The summed E-state index contributed by atoms with van der Waals surface area (Å²) in [6.45, 7) is 11.3. The molecule has 0 heterocycles. The Hall–Kier alpha value is -1.24. The van der Waals surface area contributed by atoms with Gasteiger partial charge in [0, 0.05) is 5.70 Å². The van der Waals surface area contributed by atoms with Gasteiger partial charge in [-0.3, -0.25) is 0 Å². The highest BCUT2D eigenvalue weighted by Gasteiger charge is 1.85. The van der Waals surface area contributed by atoms with Crippen LogP contribution in [0.5, 0.6) is 0 Å². The molecule has 0 aromatic heterocycles. The molecule has 1 N–H and O–H groups in total. The van der Waals surface area contributed by atoms with E-state index in [0.717, 1.165) is 5.70 Å². The van der Waals surface area contributed by atoms with E-state index in [9.17, 15) is 0 Å². The average Bonchev–Trinajstić information content (AvgIpc) is 1.87. The van der Waals surface area contributed by atoms with E-state index in [1.54, 1.807) is 12.3 Å². The largest absolute Gasteiger partial charge is 0.362 e. The Balaban J connectivity index is 4.34. The van der Waals surface area contributed by atoms with Gasteiger partial charge >= 0.3 is 0 Å². The van der Waals surface area contributed by atoms with Crippen molar-refractivity contribution >= 4 is 0 Å². The van der Waals surface area contributed by atoms with E-state index in [2.05, 4.69) is 18.5 Å². The number of nitrogens with one attached hydrogen (secondary N) is 1. The van der Waals surface area contributed by atoms with Gasteiger partial charge in [-0.05, 0) is 32.2 Å². The van der Waals surface area contributed by atoms with Crippen LogP contribution in [-0.2, 0) is 0 Å². The SMILES string of the molecule is C=C/C=C(\C=C(C)C)NC=C. The van der Waals surface area contributed by atoms with Crippen LogP contribution in [0.2, 0.25) is 0 Å². The summed E-state index contributed by atoms with van der Waals surface area (Å²) in [4.78, 5) is 0. The summed E-state index contributed by atoms with van der Waals surface area (Å²) < 4.78 is 0. The lowest BCUT2D eigenvalue weighted by Crippen LogP contribution is -2.00. The topological polar surface area (TPSA) is 12.0 Å². The zero-order chi connectivity index (χ0) is 8.69. The predicted molar refractivity (Wildman–Crippen MR) is 51.0 cm³/mol. The molecule has 0 unspecified atom stereocenters. The van der Waals surface area contributed by atoms with E-state index in [1.165, 1.54) is 5.57 Å². The third-order valence-corrected chi connectivity index (χ3v) is 1.01. The van der Waals surface area contributed by atoms with E-state index < -0.39 is 0 Å². The molecule has 0 aromatic rings. The fourth-order valence-corrected chi connectivity index (χ4v) is 0.694. The number of rotatable bonds is 4. The number of allylic oxidation sites excluding steroid dienone is 4. The maximum Gasteiger partial charge on any atom is 0.0378 e. The first-order chi connectivity index (χ1) is 5.20. The summed E-state index contributed by atoms with van der Waals surface area (Å²) >= 11 is 0. The monoisotopic (exact) mass is 149 g/mol. The Kier molecular flexibility index (Phi) is 4.91. The highest BCUT2D eigenvalue weighted by molar-refractivity contribution is 5.24. The molecule has 0 rings (SSSR count). The van der Waals surface area contributed by atoms with Gasteiger partial charge < -0.3 is 5.32 Å². The molecule has 1 heteroatoms. The van der Waals surface area contributed by atoms with Gasteiger partial charge in [0.15, 0.2) is 0 Å². The maximum absolute atomic E-state index is 3.61. The molecule has 0 fully saturated rings. The summed E-state index contributed by atoms with van der Waals surface area (Å²) in [6, 6.07) is 0. The van der Waals surface area contributed by atoms with Crippen molar-refractivity contribution in [3.63, 3.8) is 0 Å². The average molecular weight is 149 g/mol. The number of hydrogen-bond acceptors (Lipinski definition) is 1. The lowest BCUT2D eigenvalue weighted by Gasteiger charge is -1.99. The Morgan fingerprint density at radius 2 is 1.91 bits per heavy atom. The lowest BCUT2D eigenvalue weighted by molar-refractivity contribution is 1.10. The quantitative estimate of drug-likeness (QED) is 0.606. The molecular formula is C10H15N. The molecule has 0 aliphatic carbocycles. The Morgan fingerprint density at radius 3 is 2.27 bits per heavy atom. The van der Waals surface area contributed by atoms with Crippen LogP contribution < -0.4 is 5.32 Å². The second kappa shape index (κ2) is 5.54. The zero-order valence-electron chi connectivity index (χ0n) is 7.22. The van der Waals surface area contributed by atoms with Gasteiger partial charge in [0.2, 0.25) is 0 Å². The molecule has 0 saturated heterocycles. The first-order valence-electron chi connectivity index (χ1n) is 3.55. The first-order valence-corrected chi connectivity index (χ1v) is 3.55. The van der Waals surface area contributed by atoms with Gasteiger partial charge in [-0.25, -0.2) is 0 Å². The predicted octanol–water partition coefficient (Wildman–Crippen LogP) is 2.76. The summed E-state index contributed by atoms with van der Waals surface area (Å²) in [7, 11) is 0. The molecule has 0 aromatic carbocycles. The van der Waals surface area contributed by atoms with Gasteiger partial charge in [0.1, 0.15) is 0 Å². The lowest BCUT2D eigenvalue weighted by atomic mass is 10.2. The molecule has 0 spiro atoms. The third-order valence-electron chi connectivity index (χ3n) is 1.01. The van der Waals surface area contributed by atoms with Crippen molar-refractivity contribution in [3.8, 4) is 0 Å². The van der Waals surface area contributed by atoms with Crippen molar-refractivity contribution in [2.75, 3.05) is 0 Å². The van der Waals surface area contributed by atoms with Gasteiger partial charge in [-0.1, -0.05) is 24.8 Å². The standard InChI is InChI=1S/C10H15N/c1-5-7-10(11-6-2)8-9(3)4/h5-8,11H,1-2H2,3-4H3/b10-7+. The molecule has 0 aliphatic heterocycles. The second-order valence-corrected chi connectivity index (χ2v) is 2.43. The van der Waals surface area contributed by atoms with E-state index in [-0.39, 0.29) is 0 Å². The van der Waals surface area contributed by atoms with Crippen molar-refractivity contribution < 1.29 is 0 Å². The summed E-state index contributed by atoms with van der Waals surface area (Å²) in [5.41, 5.74) is 2.25. The third kappa shape index (κ3) is 5.22. The molecule has 0 saturated carbocycles. The van der Waals surface area contributed by atoms with E-state index in [0.29, 0.717) is 0 Å². The van der Waals surface area contributed by atoms with Crippen molar-refractivity contribution in [2.24, 2.45) is 0 Å². The molecule has 0 radical (unpaired) electrons. The van der Waals surface area contributed by atoms with Crippen LogP contribution in [0.4, 0.5) is 0 Å². The molecule has 60 valence electrons. The van der Waals surface area contributed by atoms with E-state index in [1.807, 2.05) is 26.0 Å². The normalized spacial score (nSPS) is 10.2. The molecule has 0 atom stereocenters. The Bertz CT molecular complexity index is 193. The minimum absolute atomic E-state index is 1.01. The molecule has 11 heavy (non-hydrogen) atoms. The maximum atomic E-state index is 3.61. The van der Waals surface area contributed by atoms with Crippen LogP contribution in [-0.4, -0.2) is 0 Å². The number of hydrogen-bond donors (Lipinski definition) is 1. The van der Waals surface area contributed by atoms with E-state index >= 15 is 0 Å². The Morgan fingerprint density at radius 1 is 1.27 bits per heavy atom. The van der Waals surface area contributed by atoms with Crippen molar-refractivity contribution in [3.05, 3.63) is 48.9 Å². The van der Waals surface area contributed by atoms with Crippen molar-refractivity contribution in [1.82, 2.24) is 5.32 Å². The molecular weight excluding hydrogens is 134 g/mol. The zero-order valence-corrected chi connectivity index (χ0v) is 7.22. The second-order valence-electron chi connectivity index (χ2n) is 2.43. The molecule has 0 aliphatic rings. The minimum Gasteiger partial charge on any atom is -0.362 e. The summed E-state index contributed by atoms with van der Waals surface area (Å²) in [5, 5.41) is 2.99. The fourth-order valence-electron chi connectivity index (χ4n) is 0.694. The first kappa shape index (κ1) is 9.76. The van der Waals surface area contributed by atoms with Crippen LogP contribution in [0.3, 0.4) is 0 Å². The van der Waals surface area contributed by atoms with Crippen LogP contribution in [0.1, 0.15) is 13.8 Å². The van der Waals surface area contributed by atoms with Gasteiger partial charge in [0.05, 0.1) is 0 Å². The van der Waals surface area contributed by atoms with Crippen LogP contribution >= 0.6 is 0 Å². The molecule has 0 amide bonds. The highest BCUT2D eigenvalue weighted by Crippen LogP contribution is 1.98. The van der Waals surface area contributed by atoms with Gasteiger partial charge in [0.25, 0.3) is 0 Å². The van der Waals surface area contributed by atoms with Crippen molar-refractivity contribution in [2.45, 2.75) is 13.8 Å². The van der Waals surface area contributed by atoms with Crippen LogP contribution in [0, 0.1) is 0 Å². The van der Waals surface area contributed by atoms with Crippen molar-refractivity contribution in [1.29, 1.82) is 0 Å². The summed E-state index contributed by atoms with van der Waals surface area (Å²) in [5.74, 6) is 0. The minimum atomic E-state index is 1.01. The molecule has 0 bridgehead atoms. The molecule has 1 nitrogen and oxygen atoms in total. The highest BCUT2D eigenvalue weighted by atomic mass is 14.8. The van der Waals surface area contributed by atoms with Gasteiger partial charge in [-0.15, -0.1) is 0 Å². The van der Waals surface area contributed by atoms with Crippen LogP contribution in [0.25, 0.3) is 0 Å². The smallest absolute Gasteiger partial charge is 0.0378 e. The summed E-state index contributed by atoms with van der Waals surface area (Å²) in [6.07, 6.45) is 7.32. The van der Waals surface area contributed by atoms with Crippen LogP contribution in [0.15, 0.2) is 48.9 Å². The van der Waals surface area contributed by atoms with E-state index in [4.69, 9.17) is 0 Å². The Labute approximate surface area is 68.8 Å². The fraction of sp³-hybridized carbons (Fsp3) is 0.200. The van der Waals surface area contributed by atoms with Gasteiger partial charge in [-0.2, -0.15) is 0 Å².